The molecule has 1 N–H and O–H groups in total. The average Bonchev–Trinajstić information content (AvgIpc) is 2.91. The van der Waals surface area contributed by atoms with E-state index in [-0.39, 0.29) is 17.4 Å². The predicted octanol–water partition coefficient (Wildman–Crippen LogP) is 4.92. The van der Waals surface area contributed by atoms with E-state index in [1.807, 2.05) is 55.5 Å². The second kappa shape index (κ2) is 8.50. The van der Waals surface area contributed by atoms with Crippen LogP contribution in [0.1, 0.15) is 57.2 Å². The number of carbonyl (C=O) groups is 2. The molecule has 5 nitrogen and oxygen atoms in total. The minimum absolute atomic E-state index is 0.0366. The SMILES string of the molecule is Cc1cccc(OCCCCN2C(=O)NC(C)(c3ccc(C(C)(C)C)cc3)C2=O)c1. The number of nitrogens with zero attached hydrogens (tertiary/aromatic N) is 1. The van der Waals surface area contributed by atoms with Crippen molar-refractivity contribution in [2.45, 2.75) is 58.4 Å². The third kappa shape index (κ3) is 4.66. The lowest BCUT2D eigenvalue weighted by atomic mass is 9.84. The van der Waals surface area contributed by atoms with Gasteiger partial charge in [0.25, 0.3) is 5.91 Å². The van der Waals surface area contributed by atoms with Gasteiger partial charge < -0.3 is 10.1 Å². The molecule has 3 rings (SSSR count). The summed E-state index contributed by atoms with van der Waals surface area (Å²) >= 11 is 0. The molecule has 1 atom stereocenters. The van der Waals surface area contributed by atoms with Gasteiger partial charge in [0.2, 0.25) is 0 Å². The standard InChI is InChI=1S/C25H32N2O3/c1-18-9-8-10-21(17-18)30-16-7-6-15-27-22(28)25(5,26-23(27)29)20-13-11-19(12-14-20)24(2,3)4/h8-14,17H,6-7,15-16H2,1-5H3,(H,26,29). The molecule has 2 aromatic carbocycles. The zero-order valence-electron chi connectivity index (χ0n) is 18.6. The van der Waals surface area contributed by atoms with Crippen molar-refractivity contribution in [1.82, 2.24) is 10.2 Å². The van der Waals surface area contributed by atoms with E-state index in [4.69, 9.17) is 4.74 Å². The van der Waals surface area contributed by atoms with Crippen LogP contribution in [0.25, 0.3) is 0 Å². The number of imide groups is 1. The molecule has 1 heterocycles. The van der Waals surface area contributed by atoms with E-state index in [0.717, 1.165) is 23.3 Å². The van der Waals surface area contributed by atoms with Crippen molar-refractivity contribution < 1.29 is 14.3 Å². The Morgan fingerprint density at radius 3 is 2.37 bits per heavy atom. The second-order valence-electron chi connectivity index (χ2n) is 9.21. The van der Waals surface area contributed by atoms with E-state index in [9.17, 15) is 9.59 Å². The number of aryl methyl sites for hydroxylation is 1. The third-order valence-corrected chi connectivity index (χ3v) is 5.64. The minimum atomic E-state index is -1.02. The highest BCUT2D eigenvalue weighted by Gasteiger charge is 2.48. The largest absolute Gasteiger partial charge is 0.494 e. The number of nitrogens with one attached hydrogen (secondary N) is 1. The first kappa shape index (κ1) is 21.9. The van der Waals surface area contributed by atoms with E-state index in [0.29, 0.717) is 19.6 Å². The zero-order valence-corrected chi connectivity index (χ0v) is 18.6. The maximum absolute atomic E-state index is 13.1. The summed E-state index contributed by atoms with van der Waals surface area (Å²) in [4.78, 5) is 26.9. The van der Waals surface area contributed by atoms with E-state index < -0.39 is 5.54 Å². The highest BCUT2D eigenvalue weighted by Crippen LogP contribution is 2.31. The molecule has 0 aromatic heterocycles. The molecule has 160 valence electrons. The lowest BCUT2D eigenvalue weighted by molar-refractivity contribution is -0.131. The summed E-state index contributed by atoms with van der Waals surface area (Å²) in [6.07, 6.45) is 1.46. The van der Waals surface area contributed by atoms with Crippen molar-refractivity contribution in [3.8, 4) is 5.75 Å². The number of unbranched alkanes of at least 4 members (excludes halogenated alkanes) is 1. The molecule has 30 heavy (non-hydrogen) atoms. The van der Waals surface area contributed by atoms with Crippen molar-refractivity contribution >= 4 is 11.9 Å². The molecule has 0 bridgehead atoms. The number of hydrogen-bond donors (Lipinski definition) is 1. The van der Waals surface area contributed by atoms with Crippen LogP contribution >= 0.6 is 0 Å². The van der Waals surface area contributed by atoms with Gasteiger partial charge in [0, 0.05) is 6.54 Å². The summed E-state index contributed by atoms with van der Waals surface area (Å²) in [5.41, 5.74) is 2.17. The Hall–Kier alpha value is -2.82. The van der Waals surface area contributed by atoms with Gasteiger partial charge in [-0.3, -0.25) is 9.69 Å². The molecule has 1 aliphatic rings. The summed E-state index contributed by atoms with van der Waals surface area (Å²) in [5.74, 6) is 0.645. The van der Waals surface area contributed by atoms with Crippen molar-refractivity contribution in [3.63, 3.8) is 0 Å². The average molecular weight is 409 g/mol. The Labute approximate surface area is 179 Å². The van der Waals surface area contributed by atoms with Crippen LogP contribution in [0.4, 0.5) is 4.79 Å². The maximum Gasteiger partial charge on any atom is 0.325 e. The fraction of sp³-hybridized carbons (Fsp3) is 0.440. The Morgan fingerprint density at radius 1 is 1.03 bits per heavy atom. The Bertz CT molecular complexity index is 915. The first-order valence-electron chi connectivity index (χ1n) is 10.6. The molecular formula is C25H32N2O3. The van der Waals surface area contributed by atoms with Gasteiger partial charge in [-0.1, -0.05) is 57.2 Å². The number of urea groups is 1. The summed E-state index contributed by atoms with van der Waals surface area (Å²) in [7, 11) is 0. The molecule has 0 aliphatic carbocycles. The molecule has 1 saturated heterocycles. The first-order valence-corrected chi connectivity index (χ1v) is 10.6. The van der Waals surface area contributed by atoms with Crippen LogP contribution in [-0.4, -0.2) is 30.0 Å². The van der Waals surface area contributed by atoms with E-state index in [1.165, 1.54) is 10.5 Å². The van der Waals surface area contributed by atoms with Gasteiger partial charge in [0.15, 0.2) is 0 Å². The summed E-state index contributed by atoms with van der Waals surface area (Å²) < 4.78 is 5.75. The van der Waals surface area contributed by atoms with Gasteiger partial charge in [-0.15, -0.1) is 0 Å². The van der Waals surface area contributed by atoms with Crippen LogP contribution < -0.4 is 10.1 Å². The number of hydrogen-bond acceptors (Lipinski definition) is 3. The lowest BCUT2D eigenvalue weighted by Crippen LogP contribution is -2.41. The number of carbonyl (C=O) groups excluding carboxylic acids is 2. The smallest absolute Gasteiger partial charge is 0.325 e. The molecule has 0 saturated carbocycles. The van der Waals surface area contributed by atoms with Gasteiger partial charge >= 0.3 is 6.03 Å². The van der Waals surface area contributed by atoms with Gasteiger partial charge in [0.05, 0.1) is 6.61 Å². The summed E-state index contributed by atoms with van der Waals surface area (Å²) in [6.45, 7) is 11.2. The first-order chi connectivity index (χ1) is 14.1. The number of rotatable bonds is 7. The molecule has 3 amide bonds. The van der Waals surface area contributed by atoms with E-state index >= 15 is 0 Å². The fourth-order valence-corrected chi connectivity index (χ4v) is 3.67. The van der Waals surface area contributed by atoms with Crippen molar-refractivity contribution in [1.29, 1.82) is 0 Å². The van der Waals surface area contributed by atoms with Gasteiger partial charge in [-0.2, -0.15) is 0 Å². The number of benzene rings is 2. The molecule has 5 heteroatoms. The van der Waals surface area contributed by atoms with Crippen LogP contribution in [0, 0.1) is 6.92 Å². The molecule has 0 spiro atoms. The van der Waals surface area contributed by atoms with Gasteiger partial charge in [0.1, 0.15) is 11.3 Å². The van der Waals surface area contributed by atoms with Crippen LogP contribution in [0.3, 0.4) is 0 Å². The molecule has 1 fully saturated rings. The van der Waals surface area contributed by atoms with E-state index in [1.54, 1.807) is 6.92 Å². The summed E-state index contributed by atoms with van der Waals surface area (Å²) in [6, 6.07) is 15.5. The van der Waals surface area contributed by atoms with Gasteiger partial charge in [-0.25, -0.2) is 4.79 Å². The normalized spacial score (nSPS) is 19.2. The van der Waals surface area contributed by atoms with Crippen molar-refractivity contribution in [2.24, 2.45) is 0 Å². The molecule has 1 aliphatic heterocycles. The van der Waals surface area contributed by atoms with Crippen molar-refractivity contribution in [2.75, 3.05) is 13.2 Å². The monoisotopic (exact) mass is 408 g/mol. The minimum Gasteiger partial charge on any atom is -0.494 e. The predicted molar refractivity (Wildman–Crippen MR) is 119 cm³/mol. The Balaban J connectivity index is 1.56. The zero-order chi connectivity index (χ0) is 21.9. The molecule has 1 unspecified atom stereocenters. The topological polar surface area (TPSA) is 58.6 Å². The summed E-state index contributed by atoms with van der Waals surface area (Å²) in [5, 5.41) is 2.88. The van der Waals surface area contributed by atoms with Crippen LogP contribution in [0.15, 0.2) is 48.5 Å². The number of ether oxygens (including phenoxy) is 1. The quantitative estimate of drug-likeness (QED) is 0.523. The fourth-order valence-electron chi connectivity index (χ4n) is 3.67. The van der Waals surface area contributed by atoms with Gasteiger partial charge in [-0.05, 0) is 60.9 Å². The van der Waals surface area contributed by atoms with Crippen LogP contribution in [0.2, 0.25) is 0 Å². The molecule has 0 radical (unpaired) electrons. The van der Waals surface area contributed by atoms with Crippen LogP contribution in [0.5, 0.6) is 5.75 Å². The van der Waals surface area contributed by atoms with Crippen molar-refractivity contribution in [3.05, 3.63) is 65.2 Å². The molecule has 2 aromatic rings. The highest BCUT2D eigenvalue weighted by molar-refractivity contribution is 6.07. The van der Waals surface area contributed by atoms with E-state index in [2.05, 4.69) is 26.1 Å². The Morgan fingerprint density at radius 2 is 1.73 bits per heavy atom. The molecular weight excluding hydrogens is 376 g/mol. The Kier molecular flexibility index (Phi) is 6.20. The maximum atomic E-state index is 13.1. The van der Waals surface area contributed by atoms with Crippen LogP contribution in [-0.2, 0) is 15.7 Å². The second-order valence-corrected chi connectivity index (χ2v) is 9.21. The third-order valence-electron chi connectivity index (χ3n) is 5.64. The number of amides is 3. The lowest BCUT2D eigenvalue weighted by Gasteiger charge is -2.24. The highest BCUT2D eigenvalue weighted by atomic mass is 16.5.